The van der Waals surface area contributed by atoms with Crippen LogP contribution in [0.4, 0.5) is 5.69 Å². The SMILES string of the molecule is O=C(NC1CCCC1)[C@H](Cc1ccccc1)N(Cc1cccc(Br)c1)C(=O)CN(c1cc(Cl)cc(Cl)c1)S(=O)(=O)c1ccccc1. The van der Waals surface area contributed by atoms with Crippen molar-refractivity contribution in [2.75, 3.05) is 10.8 Å². The molecule has 0 saturated heterocycles. The van der Waals surface area contributed by atoms with Gasteiger partial charge in [0.15, 0.2) is 0 Å². The molecule has 1 aliphatic carbocycles. The lowest BCUT2D eigenvalue weighted by atomic mass is 10.0. The van der Waals surface area contributed by atoms with Crippen LogP contribution in [0.2, 0.25) is 10.0 Å². The van der Waals surface area contributed by atoms with Crippen LogP contribution >= 0.6 is 39.1 Å². The first-order valence-electron chi connectivity index (χ1n) is 15.0. The van der Waals surface area contributed by atoms with E-state index >= 15 is 0 Å². The molecule has 0 unspecified atom stereocenters. The average molecular weight is 744 g/mol. The maximum Gasteiger partial charge on any atom is 0.264 e. The molecule has 7 nitrogen and oxygen atoms in total. The molecular weight excluding hydrogens is 709 g/mol. The highest BCUT2D eigenvalue weighted by atomic mass is 79.9. The number of carbonyl (C=O) groups excluding carboxylic acids is 2. The Balaban J connectivity index is 1.58. The summed E-state index contributed by atoms with van der Waals surface area (Å²) in [6.45, 7) is -0.521. The van der Waals surface area contributed by atoms with E-state index in [4.69, 9.17) is 23.2 Å². The molecule has 11 heteroatoms. The number of rotatable bonds is 12. The number of hydrogen-bond donors (Lipinski definition) is 1. The molecule has 46 heavy (non-hydrogen) atoms. The number of hydrogen-bond acceptors (Lipinski definition) is 4. The molecular formula is C35H34BrCl2N3O4S. The maximum absolute atomic E-state index is 14.6. The van der Waals surface area contributed by atoms with Crippen molar-refractivity contribution < 1.29 is 18.0 Å². The van der Waals surface area contributed by atoms with Gasteiger partial charge in [0.25, 0.3) is 10.0 Å². The van der Waals surface area contributed by atoms with Gasteiger partial charge in [-0.15, -0.1) is 0 Å². The van der Waals surface area contributed by atoms with E-state index in [1.165, 1.54) is 35.2 Å². The first-order chi connectivity index (χ1) is 22.1. The third-order valence-electron chi connectivity index (χ3n) is 7.96. The smallest absolute Gasteiger partial charge is 0.264 e. The highest BCUT2D eigenvalue weighted by molar-refractivity contribution is 9.10. The van der Waals surface area contributed by atoms with E-state index < -0.39 is 28.5 Å². The number of benzene rings is 4. The monoisotopic (exact) mass is 741 g/mol. The summed E-state index contributed by atoms with van der Waals surface area (Å²) < 4.78 is 30.1. The second-order valence-corrected chi connectivity index (χ2v) is 15.0. The first kappa shape index (κ1) is 34.0. The fourth-order valence-corrected chi connectivity index (χ4v) is 8.07. The van der Waals surface area contributed by atoms with Crippen LogP contribution in [-0.4, -0.2) is 43.8 Å². The molecule has 1 aliphatic rings. The predicted octanol–water partition coefficient (Wildman–Crippen LogP) is 7.65. The molecule has 0 spiro atoms. The second-order valence-electron chi connectivity index (χ2n) is 11.3. The summed E-state index contributed by atoms with van der Waals surface area (Å²) in [6.07, 6.45) is 4.06. The first-order valence-corrected chi connectivity index (χ1v) is 18.0. The van der Waals surface area contributed by atoms with E-state index in [0.29, 0.717) is 0 Å². The summed E-state index contributed by atoms with van der Waals surface area (Å²) in [5.41, 5.74) is 1.78. The molecule has 2 amide bonds. The summed E-state index contributed by atoms with van der Waals surface area (Å²) in [5.74, 6) is -0.833. The lowest BCUT2D eigenvalue weighted by Crippen LogP contribution is -2.54. The zero-order chi connectivity index (χ0) is 32.7. The van der Waals surface area contributed by atoms with Crippen LogP contribution in [0.15, 0.2) is 112 Å². The predicted molar refractivity (Wildman–Crippen MR) is 186 cm³/mol. The van der Waals surface area contributed by atoms with Crippen molar-refractivity contribution in [1.82, 2.24) is 10.2 Å². The highest BCUT2D eigenvalue weighted by Gasteiger charge is 2.35. The topological polar surface area (TPSA) is 86.8 Å². The van der Waals surface area contributed by atoms with Crippen LogP contribution in [0, 0.1) is 0 Å². The third-order valence-corrected chi connectivity index (χ3v) is 10.7. The minimum absolute atomic E-state index is 0.00255. The van der Waals surface area contributed by atoms with Crippen LogP contribution in [0.5, 0.6) is 0 Å². The summed E-state index contributed by atoms with van der Waals surface area (Å²) >= 11 is 16.1. The van der Waals surface area contributed by atoms with E-state index in [0.717, 1.165) is 45.6 Å². The molecule has 5 rings (SSSR count). The van der Waals surface area contributed by atoms with Gasteiger partial charge >= 0.3 is 0 Å². The molecule has 240 valence electrons. The van der Waals surface area contributed by atoms with E-state index in [2.05, 4.69) is 21.2 Å². The largest absolute Gasteiger partial charge is 0.352 e. The van der Waals surface area contributed by atoms with Gasteiger partial charge in [-0.2, -0.15) is 0 Å². The van der Waals surface area contributed by atoms with E-state index in [1.807, 2.05) is 54.6 Å². The fraction of sp³-hybridized carbons (Fsp3) is 0.257. The summed E-state index contributed by atoms with van der Waals surface area (Å²) in [6, 6.07) is 28.3. The molecule has 1 saturated carbocycles. The zero-order valence-electron chi connectivity index (χ0n) is 25.0. The van der Waals surface area contributed by atoms with Crippen molar-refractivity contribution in [3.8, 4) is 0 Å². The Bertz CT molecular complexity index is 1750. The number of carbonyl (C=O) groups is 2. The van der Waals surface area contributed by atoms with Gasteiger partial charge in [0.05, 0.1) is 10.6 Å². The molecule has 0 aromatic heterocycles. The minimum Gasteiger partial charge on any atom is -0.352 e. The molecule has 1 atom stereocenters. The van der Waals surface area contributed by atoms with E-state index in [9.17, 15) is 18.0 Å². The number of halogens is 3. The number of amides is 2. The molecule has 1 fully saturated rings. The second kappa shape index (κ2) is 15.5. The lowest BCUT2D eigenvalue weighted by Gasteiger charge is -2.34. The Kier molecular flexibility index (Phi) is 11.4. The maximum atomic E-state index is 14.6. The molecule has 0 aliphatic heterocycles. The van der Waals surface area contributed by atoms with Gasteiger partial charge in [-0.05, 0) is 66.4 Å². The van der Waals surface area contributed by atoms with Gasteiger partial charge in [-0.3, -0.25) is 13.9 Å². The van der Waals surface area contributed by atoms with Gasteiger partial charge in [0, 0.05) is 33.5 Å². The molecule has 1 N–H and O–H groups in total. The Morgan fingerprint density at radius 1 is 0.826 bits per heavy atom. The molecule has 0 radical (unpaired) electrons. The summed E-state index contributed by atoms with van der Waals surface area (Å²) in [5, 5.41) is 3.61. The lowest BCUT2D eigenvalue weighted by molar-refractivity contribution is -0.140. The van der Waals surface area contributed by atoms with E-state index in [1.54, 1.807) is 18.2 Å². The molecule has 0 bridgehead atoms. The number of nitrogens with zero attached hydrogens (tertiary/aromatic N) is 2. The van der Waals surface area contributed by atoms with Crippen LogP contribution in [0.1, 0.15) is 36.8 Å². The van der Waals surface area contributed by atoms with E-state index in [-0.39, 0.29) is 45.5 Å². The Labute approximate surface area is 288 Å². The van der Waals surface area contributed by atoms with Crippen molar-refractivity contribution in [1.29, 1.82) is 0 Å². The van der Waals surface area contributed by atoms with Crippen molar-refractivity contribution >= 4 is 66.7 Å². The van der Waals surface area contributed by atoms with Gasteiger partial charge in [-0.25, -0.2) is 8.42 Å². The van der Waals surface area contributed by atoms with Gasteiger partial charge < -0.3 is 10.2 Å². The minimum atomic E-state index is -4.26. The number of nitrogens with one attached hydrogen (secondary N) is 1. The normalized spacial score (nSPS) is 14.1. The zero-order valence-corrected chi connectivity index (χ0v) is 28.9. The van der Waals surface area contributed by atoms with Crippen LogP contribution in [0.3, 0.4) is 0 Å². The van der Waals surface area contributed by atoms with Crippen molar-refractivity contribution in [2.24, 2.45) is 0 Å². The number of sulfonamides is 1. The average Bonchev–Trinajstić information content (AvgIpc) is 3.55. The van der Waals surface area contributed by atoms with Gasteiger partial charge in [0.1, 0.15) is 12.6 Å². The van der Waals surface area contributed by atoms with Crippen LogP contribution in [-0.2, 0) is 32.6 Å². The Hall–Kier alpha value is -3.37. The summed E-state index contributed by atoms with van der Waals surface area (Å²) in [7, 11) is -4.26. The van der Waals surface area contributed by atoms with Gasteiger partial charge in [0.2, 0.25) is 11.8 Å². The third kappa shape index (κ3) is 8.70. The van der Waals surface area contributed by atoms with Crippen LogP contribution < -0.4 is 9.62 Å². The van der Waals surface area contributed by atoms with Crippen LogP contribution in [0.25, 0.3) is 0 Å². The Morgan fingerprint density at radius 3 is 2.07 bits per heavy atom. The van der Waals surface area contributed by atoms with Crippen molar-refractivity contribution in [2.45, 2.75) is 55.6 Å². The fourth-order valence-electron chi connectivity index (χ4n) is 5.69. The molecule has 0 heterocycles. The molecule has 4 aromatic rings. The van der Waals surface area contributed by atoms with Crippen molar-refractivity contribution in [3.63, 3.8) is 0 Å². The molecule has 4 aromatic carbocycles. The summed E-state index contributed by atoms with van der Waals surface area (Å²) in [4.78, 5) is 30.2. The number of anilines is 1. The Morgan fingerprint density at radius 2 is 1.43 bits per heavy atom. The van der Waals surface area contributed by atoms with Gasteiger partial charge in [-0.1, -0.05) is 113 Å². The van der Waals surface area contributed by atoms with Crippen molar-refractivity contribution in [3.05, 3.63) is 129 Å². The standard InChI is InChI=1S/C35H34BrCl2N3O4S/c36-27-13-9-12-26(18-27)23-40(33(19-25-10-3-1-4-11-25)35(43)39-30-14-7-8-15-30)34(42)24-41(31-21-28(37)20-29(38)22-31)46(44,45)32-16-5-2-6-17-32/h1-6,9-13,16-18,20-22,30,33H,7-8,14-15,19,23-24H2,(H,39,43)/t33-/m0/s1. The quantitative estimate of drug-likeness (QED) is 0.162. The highest BCUT2D eigenvalue weighted by Crippen LogP contribution is 2.30.